The number of quaternary nitrogens is 1. The summed E-state index contributed by atoms with van der Waals surface area (Å²) in [6.07, 6.45) is 5.09. The summed E-state index contributed by atoms with van der Waals surface area (Å²) in [4.78, 5) is 27.8. The lowest BCUT2D eigenvalue weighted by atomic mass is 10.2. The van der Waals surface area contributed by atoms with E-state index in [-0.39, 0.29) is 28.6 Å². The number of amides is 1. The van der Waals surface area contributed by atoms with Crippen molar-refractivity contribution in [3.05, 3.63) is 46.6 Å². The molecule has 1 aliphatic rings. The van der Waals surface area contributed by atoms with Crippen molar-refractivity contribution in [2.45, 2.75) is 0 Å². The maximum absolute atomic E-state index is 12.5. The molecule has 2 aromatic rings. The number of piperazine rings is 1. The molecule has 0 radical (unpaired) electrons. The SMILES string of the molecule is O=C(c1cc(Cl)nc(Cl)c1)N1CC[NH+](c2cnccn2)CC1.[Cl-]. The van der Waals surface area contributed by atoms with Gasteiger partial charge in [0, 0.05) is 11.8 Å². The summed E-state index contributed by atoms with van der Waals surface area (Å²) in [6.45, 7) is 2.86. The molecule has 1 aliphatic heterocycles. The van der Waals surface area contributed by atoms with E-state index in [1.54, 1.807) is 23.5 Å². The minimum absolute atomic E-state index is 0. The molecule has 1 N–H and O–H groups in total. The number of nitrogens with zero attached hydrogens (tertiary/aromatic N) is 4. The van der Waals surface area contributed by atoms with Gasteiger partial charge in [-0.3, -0.25) is 14.7 Å². The van der Waals surface area contributed by atoms with Gasteiger partial charge >= 0.3 is 0 Å². The van der Waals surface area contributed by atoms with Crippen molar-refractivity contribution in [1.29, 1.82) is 0 Å². The zero-order valence-corrected chi connectivity index (χ0v) is 14.3. The fourth-order valence-corrected chi connectivity index (χ4v) is 2.95. The predicted octanol–water partition coefficient (Wildman–Crippen LogP) is -2.15. The van der Waals surface area contributed by atoms with Crippen molar-refractivity contribution in [3.63, 3.8) is 0 Å². The number of pyridine rings is 1. The van der Waals surface area contributed by atoms with Crippen molar-refractivity contribution in [2.75, 3.05) is 26.2 Å². The molecule has 23 heavy (non-hydrogen) atoms. The van der Waals surface area contributed by atoms with Crippen molar-refractivity contribution in [2.24, 2.45) is 0 Å². The number of halogens is 3. The van der Waals surface area contributed by atoms with Gasteiger partial charge in [0.25, 0.3) is 5.91 Å². The maximum Gasteiger partial charge on any atom is 0.254 e. The molecule has 0 aliphatic carbocycles. The van der Waals surface area contributed by atoms with E-state index in [0.717, 1.165) is 18.9 Å². The van der Waals surface area contributed by atoms with Gasteiger partial charge in [0.05, 0.1) is 19.3 Å². The van der Waals surface area contributed by atoms with Gasteiger partial charge in [0.2, 0.25) is 5.82 Å². The molecule has 0 atom stereocenters. The molecule has 3 rings (SSSR count). The second-order valence-electron chi connectivity index (χ2n) is 4.99. The molecular formula is C14H14Cl3N5O. The van der Waals surface area contributed by atoms with Gasteiger partial charge < -0.3 is 17.3 Å². The molecule has 2 aromatic heterocycles. The lowest BCUT2D eigenvalue weighted by Gasteiger charge is -2.31. The van der Waals surface area contributed by atoms with Crippen LogP contribution in [0.25, 0.3) is 0 Å². The van der Waals surface area contributed by atoms with Gasteiger partial charge in [0.1, 0.15) is 29.6 Å². The van der Waals surface area contributed by atoms with E-state index in [9.17, 15) is 4.79 Å². The highest BCUT2D eigenvalue weighted by atomic mass is 35.5. The summed E-state index contributed by atoms with van der Waals surface area (Å²) in [7, 11) is 0. The lowest BCUT2D eigenvalue weighted by molar-refractivity contribution is -0.840. The standard InChI is InChI=1S/C14H13Cl2N5O.ClH/c15-11-7-10(8-12(16)19-11)14(22)21-5-3-20(4-6-21)13-9-17-1-2-18-13;/h1-2,7-9H,3-6H2;1H. The monoisotopic (exact) mass is 373 g/mol. The molecule has 3 heterocycles. The van der Waals surface area contributed by atoms with Crippen molar-refractivity contribution in [1.82, 2.24) is 19.9 Å². The Morgan fingerprint density at radius 3 is 2.35 bits per heavy atom. The number of hydrogen-bond acceptors (Lipinski definition) is 4. The summed E-state index contributed by atoms with van der Waals surface area (Å²) in [5.74, 6) is 0.828. The first-order valence-corrected chi connectivity index (χ1v) is 7.62. The Kier molecular flexibility index (Phi) is 6.12. The fourth-order valence-electron chi connectivity index (χ4n) is 2.49. The predicted molar refractivity (Wildman–Crippen MR) is 82.5 cm³/mol. The van der Waals surface area contributed by atoms with Crippen LogP contribution in [0.15, 0.2) is 30.7 Å². The Morgan fingerprint density at radius 1 is 1.13 bits per heavy atom. The highest BCUT2D eigenvalue weighted by Gasteiger charge is 2.26. The number of nitrogens with one attached hydrogen (secondary N) is 1. The average molecular weight is 375 g/mol. The van der Waals surface area contributed by atoms with Gasteiger partial charge in [-0.2, -0.15) is 0 Å². The van der Waals surface area contributed by atoms with Crippen LogP contribution in [0.3, 0.4) is 0 Å². The summed E-state index contributed by atoms with van der Waals surface area (Å²) in [5, 5.41) is 0.444. The number of aromatic nitrogens is 3. The third-order valence-corrected chi connectivity index (χ3v) is 3.98. The van der Waals surface area contributed by atoms with E-state index in [1.165, 1.54) is 17.0 Å². The third-order valence-electron chi connectivity index (χ3n) is 3.59. The molecule has 0 aromatic carbocycles. The molecule has 6 nitrogen and oxygen atoms in total. The minimum atomic E-state index is -0.0793. The second kappa shape index (κ2) is 7.88. The Balaban J connectivity index is 0.00000192. The molecule has 0 spiro atoms. The van der Waals surface area contributed by atoms with E-state index < -0.39 is 0 Å². The Labute approximate surface area is 149 Å². The van der Waals surface area contributed by atoms with Crippen molar-refractivity contribution < 1.29 is 22.1 Å². The molecular weight excluding hydrogens is 361 g/mol. The zero-order chi connectivity index (χ0) is 15.5. The molecule has 0 unspecified atom stereocenters. The number of rotatable bonds is 2. The van der Waals surface area contributed by atoms with Gasteiger partial charge in [0.15, 0.2) is 0 Å². The van der Waals surface area contributed by atoms with Crippen LogP contribution >= 0.6 is 23.2 Å². The fraction of sp³-hybridized carbons (Fsp3) is 0.286. The van der Waals surface area contributed by atoms with E-state index in [1.807, 2.05) is 0 Å². The van der Waals surface area contributed by atoms with Crippen LogP contribution < -0.4 is 17.3 Å². The first-order valence-electron chi connectivity index (χ1n) is 6.87. The summed E-state index contributed by atoms with van der Waals surface area (Å²) >= 11 is 11.7. The van der Waals surface area contributed by atoms with E-state index in [0.29, 0.717) is 18.7 Å². The maximum atomic E-state index is 12.5. The Hall–Kier alpha value is -1.47. The number of hydrogen-bond donors (Lipinski definition) is 1. The van der Waals surface area contributed by atoms with Crippen LogP contribution in [0.4, 0.5) is 5.82 Å². The van der Waals surface area contributed by atoms with E-state index >= 15 is 0 Å². The van der Waals surface area contributed by atoms with E-state index in [2.05, 4.69) is 15.0 Å². The van der Waals surface area contributed by atoms with Crippen molar-refractivity contribution >= 4 is 34.9 Å². The smallest absolute Gasteiger partial charge is 0.254 e. The number of carbonyl (C=O) groups is 1. The zero-order valence-electron chi connectivity index (χ0n) is 12.0. The topological polar surface area (TPSA) is 63.4 Å². The molecule has 0 bridgehead atoms. The highest BCUT2D eigenvalue weighted by molar-refractivity contribution is 6.33. The van der Waals surface area contributed by atoms with Crippen LogP contribution in [-0.4, -0.2) is 51.9 Å². The second-order valence-corrected chi connectivity index (χ2v) is 5.76. The summed E-state index contributed by atoms with van der Waals surface area (Å²) in [6, 6.07) is 3.08. The van der Waals surface area contributed by atoms with Crippen LogP contribution in [0, 0.1) is 0 Å². The van der Waals surface area contributed by atoms with Gasteiger partial charge in [-0.05, 0) is 12.1 Å². The summed E-state index contributed by atoms with van der Waals surface area (Å²) in [5.41, 5.74) is 0.466. The Bertz CT molecular complexity index is 657. The van der Waals surface area contributed by atoms with Gasteiger partial charge in [-0.1, -0.05) is 23.2 Å². The summed E-state index contributed by atoms with van der Waals surface area (Å²) < 4.78 is 0. The highest BCUT2D eigenvalue weighted by Crippen LogP contribution is 2.16. The molecule has 1 fully saturated rings. The van der Waals surface area contributed by atoms with Gasteiger partial charge in [-0.25, -0.2) is 9.97 Å². The van der Waals surface area contributed by atoms with Crippen LogP contribution in [0.2, 0.25) is 10.3 Å². The van der Waals surface area contributed by atoms with Crippen LogP contribution in [-0.2, 0) is 0 Å². The number of carbonyl (C=O) groups excluding carboxylic acids is 1. The normalized spacial score (nSPS) is 15.1. The van der Waals surface area contributed by atoms with Crippen LogP contribution in [0.1, 0.15) is 10.4 Å². The molecule has 122 valence electrons. The molecule has 1 amide bonds. The quantitative estimate of drug-likeness (QED) is 0.609. The largest absolute Gasteiger partial charge is 1.00 e. The first-order chi connectivity index (χ1) is 10.6. The first kappa shape index (κ1) is 17.9. The Morgan fingerprint density at radius 2 is 1.78 bits per heavy atom. The third kappa shape index (κ3) is 4.29. The minimum Gasteiger partial charge on any atom is -1.00 e. The average Bonchev–Trinajstić information content (AvgIpc) is 2.54. The van der Waals surface area contributed by atoms with Gasteiger partial charge in [-0.15, -0.1) is 0 Å². The van der Waals surface area contributed by atoms with E-state index in [4.69, 9.17) is 23.2 Å². The molecule has 1 saturated heterocycles. The van der Waals surface area contributed by atoms with Crippen molar-refractivity contribution in [3.8, 4) is 0 Å². The molecule has 9 heteroatoms. The lowest BCUT2D eigenvalue weighted by Crippen LogP contribution is -3.10. The molecule has 0 saturated carbocycles. The van der Waals surface area contributed by atoms with Crippen LogP contribution in [0.5, 0.6) is 0 Å².